The topological polar surface area (TPSA) is 49.3 Å². The van der Waals surface area contributed by atoms with Crippen LogP contribution in [-0.2, 0) is 0 Å². The predicted molar refractivity (Wildman–Crippen MR) is 80.6 cm³/mol. The summed E-state index contributed by atoms with van der Waals surface area (Å²) >= 11 is 0. The van der Waals surface area contributed by atoms with E-state index in [0.717, 1.165) is 11.6 Å². The summed E-state index contributed by atoms with van der Waals surface area (Å²) in [6, 6.07) is 7.03. The second kappa shape index (κ2) is 5.69. The molecule has 0 saturated heterocycles. The number of ketones is 1. The molecule has 0 unspecified atom stereocenters. The van der Waals surface area contributed by atoms with Crippen LogP contribution in [0.5, 0.6) is 0 Å². The molecule has 2 aromatic rings. The third-order valence-corrected chi connectivity index (χ3v) is 2.93. The second-order valence-corrected chi connectivity index (χ2v) is 4.92. The minimum Gasteiger partial charge on any atom is -0.363 e. The van der Waals surface area contributed by atoms with Crippen molar-refractivity contribution in [2.75, 3.05) is 38.0 Å². The number of aromatic nitrogens is 2. The maximum Gasteiger partial charge on any atom is 0.193 e. The molecule has 0 aliphatic rings. The minimum atomic E-state index is -0.0269. The molecule has 0 aromatic carbocycles. The first kappa shape index (κ1) is 14.0. The Hall–Kier alpha value is -2.43. The number of pyridine rings is 2. The molecule has 0 N–H and O–H groups in total. The van der Waals surface area contributed by atoms with Crippen LogP contribution < -0.4 is 9.80 Å². The number of hydrogen-bond acceptors (Lipinski definition) is 5. The van der Waals surface area contributed by atoms with Crippen molar-refractivity contribution in [3.05, 3.63) is 47.8 Å². The van der Waals surface area contributed by atoms with Gasteiger partial charge in [-0.25, -0.2) is 9.97 Å². The molecule has 0 spiro atoms. The van der Waals surface area contributed by atoms with E-state index < -0.39 is 0 Å². The Morgan fingerprint density at radius 3 is 1.60 bits per heavy atom. The van der Waals surface area contributed by atoms with E-state index >= 15 is 0 Å². The minimum absolute atomic E-state index is 0.0269. The van der Waals surface area contributed by atoms with Gasteiger partial charge in [0, 0.05) is 51.7 Å². The van der Waals surface area contributed by atoms with E-state index in [1.165, 1.54) is 0 Å². The fraction of sp³-hybridized carbons (Fsp3) is 0.267. The van der Waals surface area contributed by atoms with Crippen LogP contribution >= 0.6 is 0 Å². The summed E-state index contributed by atoms with van der Waals surface area (Å²) in [5, 5.41) is 0. The lowest BCUT2D eigenvalue weighted by Crippen LogP contribution is -2.13. The molecule has 0 saturated carbocycles. The molecule has 5 heteroatoms. The molecule has 2 rings (SSSR count). The predicted octanol–water partition coefficient (Wildman–Crippen LogP) is 1.84. The van der Waals surface area contributed by atoms with E-state index in [9.17, 15) is 4.79 Å². The molecule has 0 bridgehead atoms. The summed E-state index contributed by atoms with van der Waals surface area (Å²) in [5.74, 6) is 1.50. The van der Waals surface area contributed by atoms with E-state index in [4.69, 9.17) is 0 Å². The number of carbonyl (C=O) groups excluding carboxylic acids is 1. The Balaban J connectivity index is 2.36. The Morgan fingerprint density at radius 1 is 0.850 bits per heavy atom. The van der Waals surface area contributed by atoms with Crippen molar-refractivity contribution in [3.8, 4) is 0 Å². The second-order valence-electron chi connectivity index (χ2n) is 4.92. The first-order valence-corrected chi connectivity index (χ1v) is 6.30. The molecule has 5 nitrogen and oxygen atoms in total. The van der Waals surface area contributed by atoms with Gasteiger partial charge >= 0.3 is 0 Å². The number of anilines is 2. The molecule has 0 atom stereocenters. The zero-order valence-corrected chi connectivity index (χ0v) is 12.2. The monoisotopic (exact) mass is 270 g/mol. The summed E-state index contributed by atoms with van der Waals surface area (Å²) in [6.07, 6.45) is 3.30. The average molecular weight is 270 g/mol. The van der Waals surface area contributed by atoms with Crippen LogP contribution in [0.3, 0.4) is 0 Å². The number of carbonyl (C=O) groups is 1. The van der Waals surface area contributed by atoms with Crippen LogP contribution in [0.2, 0.25) is 0 Å². The lowest BCUT2D eigenvalue weighted by molar-refractivity contribution is 0.103. The van der Waals surface area contributed by atoms with Gasteiger partial charge in [0.1, 0.15) is 11.6 Å². The molecule has 2 aromatic heterocycles. The van der Waals surface area contributed by atoms with Gasteiger partial charge in [-0.3, -0.25) is 4.79 Å². The summed E-state index contributed by atoms with van der Waals surface area (Å²) in [6.45, 7) is 0. The van der Waals surface area contributed by atoms with Crippen LogP contribution in [-0.4, -0.2) is 43.9 Å². The van der Waals surface area contributed by atoms with E-state index in [-0.39, 0.29) is 5.78 Å². The summed E-state index contributed by atoms with van der Waals surface area (Å²) < 4.78 is 0. The van der Waals surface area contributed by atoms with E-state index in [0.29, 0.717) is 11.1 Å². The molecule has 20 heavy (non-hydrogen) atoms. The molecule has 0 aliphatic carbocycles. The van der Waals surface area contributed by atoms with Crippen molar-refractivity contribution in [2.24, 2.45) is 0 Å². The van der Waals surface area contributed by atoms with Crippen molar-refractivity contribution in [1.29, 1.82) is 0 Å². The molecule has 104 valence electrons. The van der Waals surface area contributed by atoms with Crippen molar-refractivity contribution >= 4 is 17.4 Å². The largest absolute Gasteiger partial charge is 0.363 e. The van der Waals surface area contributed by atoms with Gasteiger partial charge in [0.2, 0.25) is 0 Å². The van der Waals surface area contributed by atoms with Gasteiger partial charge in [-0.1, -0.05) is 0 Å². The zero-order chi connectivity index (χ0) is 14.7. The van der Waals surface area contributed by atoms with Gasteiger partial charge in [0.15, 0.2) is 5.78 Å². The fourth-order valence-electron chi connectivity index (χ4n) is 1.78. The van der Waals surface area contributed by atoms with Crippen LogP contribution in [0.25, 0.3) is 0 Å². The summed E-state index contributed by atoms with van der Waals surface area (Å²) in [7, 11) is 7.58. The van der Waals surface area contributed by atoms with Crippen molar-refractivity contribution in [1.82, 2.24) is 9.97 Å². The Labute approximate surface area is 118 Å². The molecular formula is C15H18N4O. The highest BCUT2D eigenvalue weighted by atomic mass is 16.1. The maximum atomic E-state index is 12.5. The molecule has 0 fully saturated rings. The highest BCUT2D eigenvalue weighted by Crippen LogP contribution is 2.16. The zero-order valence-electron chi connectivity index (χ0n) is 12.2. The van der Waals surface area contributed by atoms with Gasteiger partial charge < -0.3 is 9.80 Å². The van der Waals surface area contributed by atoms with Crippen LogP contribution in [0.1, 0.15) is 15.9 Å². The summed E-state index contributed by atoms with van der Waals surface area (Å²) in [5.41, 5.74) is 1.25. The number of nitrogens with zero attached hydrogens (tertiary/aromatic N) is 4. The normalized spacial score (nSPS) is 10.2. The SMILES string of the molecule is CN(C)c1cc(C(=O)c2ccnc(N(C)C)c2)ccn1. The molecule has 0 amide bonds. The lowest BCUT2D eigenvalue weighted by atomic mass is 10.1. The average Bonchev–Trinajstić information content (AvgIpc) is 2.46. The Bertz CT molecular complexity index is 569. The van der Waals surface area contributed by atoms with E-state index in [1.807, 2.05) is 38.0 Å². The summed E-state index contributed by atoms with van der Waals surface area (Å²) in [4.78, 5) is 24.7. The van der Waals surface area contributed by atoms with Crippen LogP contribution in [0.4, 0.5) is 11.6 Å². The number of rotatable bonds is 4. The van der Waals surface area contributed by atoms with Gasteiger partial charge in [0.05, 0.1) is 0 Å². The third kappa shape index (κ3) is 2.93. The van der Waals surface area contributed by atoms with Gasteiger partial charge in [-0.05, 0) is 24.3 Å². The fourth-order valence-corrected chi connectivity index (χ4v) is 1.78. The third-order valence-electron chi connectivity index (χ3n) is 2.93. The van der Waals surface area contributed by atoms with Gasteiger partial charge in [-0.15, -0.1) is 0 Å². The molecule has 2 heterocycles. The lowest BCUT2D eigenvalue weighted by Gasteiger charge is -2.13. The maximum absolute atomic E-state index is 12.5. The van der Waals surface area contributed by atoms with Crippen molar-refractivity contribution < 1.29 is 4.79 Å². The highest BCUT2D eigenvalue weighted by Gasteiger charge is 2.12. The Morgan fingerprint density at radius 2 is 1.25 bits per heavy atom. The standard InChI is InChI=1S/C15H18N4O/c1-18(2)13-9-11(5-7-16-13)15(20)12-6-8-17-14(10-12)19(3)4/h5-10H,1-4H3. The molecule has 0 radical (unpaired) electrons. The van der Waals surface area contributed by atoms with Gasteiger partial charge in [-0.2, -0.15) is 0 Å². The van der Waals surface area contributed by atoms with E-state index in [2.05, 4.69) is 9.97 Å². The smallest absolute Gasteiger partial charge is 0.193 e. The van der Waals surface area contributed by atoms with E-state index in [1.54, 1.807) is 36.7 Å². The van der Waals surface area contributed by atoms with Crippen molar-refractivity contribution in [2.45, 2.75) is 0 Å². The Kier molecular flexibility index (Phi) is 3.98. The highest BCUT2D eigenvalue weighted by molar-refractivity contribution is 6.09. The first-order valence-electron chi connectivity index (χ1n) is 6.30. The van der Waals surface area contributed by atoms with Crippen molar-refractivity contribution in [3.63, 3.8) is 0 Å². The molecule has 0 aliphatic heterocycles. The molecular weight excluding hydrogens is 252 g/mol. The number of hydrogen-bond donors (Lipinski definition) is 0. The quantitative estimate of drug-likeness (QED) is 0.793. The van der Waals surface area contributed by atoms with Crippen LogP contribution in [0.15, 0.2) is 36.7 Å². The van der Waals surface area contributed by atoms with Gasteiger partial charge in [0.25, 0.3) is 0 Å². The van der Waals surface area contributed by atoms with Crippen LogP contribution in [0, 0.1) is 0 Å². The first-order chi connectivity index (χ1) is 9.49.